The molecule has 1 heterocycles. The SMILES string of the molecule is CC1CCC(C(N)=O)CN1CC(=O)c1ccc(Cl)cc1Cl. The Morgan fingerprint density at radius 3 is 2.67 bits per heavy atom. The summed E-state index contributed by atoms with van der Waals surface area (Å²) in [5.41, 5.74) is 5.82. The number of amides is 1. The first-order valence-corrected chi connectivity index (χ1v) is 7.65. The summed E-state index contributed by atoms with van der Waals surface area (Å²) in [4.78, 5) is 25.7. The van der Waals surface area contributed by atoms with Crippen molar-refractivity contribution in [1.82, 2.24) is 4.90 Å². The molecular weight excluding hydrogens is 311 g/mol. The lowest BCUT2D eigenvalue weighted by Gasteiger charge is -2.36. The molecule has 2 rings (SSSR count). The lowest BCUT2D eigenvalue weighted by atomic mass is 9.92. The summed E-state index contributed by atoms with van der Waals surface area (Å²) >= 11 is 11.9. The van der Waals surface area contributed by atoms with Crippen molar-refractivity contribution >= 4 is 34.9 Å². The van der Waals surface area contributed by atoms with Crippen LogP contribution in [0.2, 0.25) is 10.0 Å². The Labute approximate surface area is 134 Å². The highest BCUT2D eigenvalue weighted by atomic mass is 35.5. The summed E-state index contributed by atoms with van der Waals surface area (Å²) in [6.07, 6.45) is 1.64. The number of hydrogen-bond acceptors (Lipinski definition) is 3. The molecule has 0 saturated carbocycles. The van der Waals surface area contributed by atoms with Crippen LogP contribution in [0.4, 0.5) is 0 Å². The lowest BCUT2D eigenvalue weighted by molar-refractivity contribution is -0.123. The van der Waals surface area contributed by atoms with Crippen LogP contribution in [-0.2, 0) is 4.79 Å². The maximum atomic E-state index is 12.4. The number of rotatable bonds is 4. The molecule has 1 aliphatic heterocycles. The average molecular weight is 329 g/mol. The fourth-order valence-electron chi connectivity index (χ4n) is 2.62. The molecule has 0 aromatic heterocycles. The lowest BCUT2D eigenvalue weighted by Crippen LogP contribution is -2.47. The molecule has 0 spiro atoms. The number of carbonyl (C=O) groups excluding carboxylic acids is 2. The van der Waals surface area contributed by atoms with Crippen LogP contribution in [0.15, 0.2) is 18.2 Å². The number of likely N-dealkylation sites (tertiary alicyclic amines) is 1. The third kappa shape index (κ3) is 3.96. The molecule has 1 aliphatic rings. The molecule has 2 N–H and O–H groups in total. The van der Waals surface area contributed by atoms with Crippen LogP contribution in [0.5, 0.6) is 0 Å². The fourth-order valence-corrected chi connectivity index (χ4v) is 3.13. The van der Waals surface area contributed by atoms with Crippen molar-refractivity contribution in [3.8, 4) is 0 Å². The topological polar surface area (TPSA) is 63.4 Å². The zero-order valence-corrected chi connectivity index (χ0v) is 13.3. The van der Waals surface area contributed by atoms with Crippen molar-refractivity contribution in [2.24, 2.45) is 11.7 Å². The minimum absolute atomic E-state index is 0.0753. The van der Waals surface area contributed by atoms with Gasteiger partial charge < -0.3 is 5.73 Å². The van der Waals surface area contributed by atoms with Crippen molar-refractivity contribution in [1.29, 1.82) is 0 Å². The number of nitrogens with zero attached hydrogens (tertiary/aromatic N) is 1. The van der Waals surface area contributed by atoms with Crippen molar-refractivity contribution in [3.05, 3.63) is 33.8 Å². The molecule has 1 aromatic rings. The van der Waals surface area contributed by atoms with Crippen molar-refractivity contribution in [2.75, 3.05) is 13.1 Å². The summed E-state index contributed by atoms with van der Waals surface area (Å²) in [7, 11) is 0. The van der Waals surface area contributed by atoms with Gasteiger partial charge in [-0.25, -0.2) is 0 Å². The Balaban J connectivity index is 2.08. The highest BCUT2D eigenvalue weighted by Gasteiger charge is 2.30. The van der Waals surface area contributed by atoms with Gasteiger partial charge in [0.15, 0.2) is 5.78 Å². The first-order valence-electron chi connectivity index (χ1n) is 6.90. The predicted octanol–water partition coefficient (Wildman–Crippen LogP) is 2.76. The molecule has 2 unspecified atom stereocenters. The van der Waals surface area contributed by atoms with E-state index in [0.717, 1.165) is 12.8 Å². The first kappa shape index (κ1) is 16.3. The van der Waals surface area contributed by atoms with Gasteiger partial charge in [0.2, 0.25) is 5.91 Å². The van der Waals surface area contributed by atoms with Gasteiger partial charge in [-0.2, -0.15) is 0 Å². The number of benzene rings is 1. The number of carbonyl (C=O) groups is 2. The van der Waals surface area contributed by atoms with Gasteiger partial charge in [-0.05, 0) is 38.0 Å². The van der Waals surface area contributed by atoms with Gasteiger partial charge in [0.25, 0.3) is 0 Å². The van der Waals surface area contributed by atoms with Gasteiger partial charge in [0.1, 0.15) is 0 Å². The van der Waals surface area contributed by atoms with Gasteiger partial charge >= 0.3 is 0 Å². The van der Waals surface area contributed by atoms with Gasteiger partial charge in [-0.1, -0.05) is 23.2 Å². The normalized spacial score (nSPS) is 23.0. The number of primary amides is 1. The van der Waals surface area contributed by atoms with E-state index in [0.29, 0.717) is 22.2 Å². The van der Waals surface area contributed by atoms with E-state index in [-0.39, 0.29) is 30.2 Å². The highest BCUT2D eigenvalue weighted by molar-refractivity contribution is 6.36. The van der Waals surface area contributed by atoms with Crippen molar-refractivity contribution in [3.63, 3.8) is 0 Å². The quantitative estimate of drug-likeness (QED) is 0.864. The number of Topliss-reactive ketones (excluding diaryl/α,β-unsaturated/α-hetero) is 1. The summed E-state index contributed by atoms with van der Waals surface area (Å²) < 4.78 is 0. The maximum absolute atomic E-state index is 12.4. The molecule has 4 nitrogen and oxygen atoms in total. The minimum Gasteiger partial charge on any atom is -0.369 e. The molecule has 1 amide bonds. The van der Waals surface area contributed by atoms with E-state index in [1.165, 1.54) is 0 Å². The van der Waals surface area contributed by atoms with Crippen LogP contribution < -0.4 is 5.73 Å². The molecule has 1 fully saturated rings. The fraction of sp³-hybridized carbons (Fsp3) is 0.467. The van der Waals surface area contributed by atoms with E-state index in [9.17, 15) is 9.59 Å². The second-order valence-corrected chi connectivity index (χ2v) is 6.35. The van der Waals surface area contributed by atoms with Crippen LogP contribution in [0.3, 0.4) is 0 Å². The van der Waals surface area contributed by atoms with Gasteiger partial charge in [-0.3, -0.25) is 14.5 Å². The van der Waals surface area contributed by atoms with Crippen LogP contribution in [-0.4, -0.2) is 35.7 Å². The van der Waals surface area contributed by atoms with Gasteiger partial charge in [-0.15, -0.1) is 0 Å². The van der Waals surface area contributed by atoms with Gasteiger partial charge in [0, 0.05) is 23.2 Å². The summed E-state index contributed by atoms with van der Waals surface area (Å²) in [6, 6.07) is 5.08. The van der Waals surface area contributed by atoms with E-state index in [4.69, 9.17) is 28.9 Å². The highest BCUT2D eigenvalue weighted by Crippen LogP contribution is 2.24. The van der Waals surface area contributed by atoms with E-state index in [1.807, 2.05) is 11.8 Å². The summed E-state index contributed by atoms with van der Waals surface area (Å²) in [5.74, 6) is -0.563. The zero-order valence-electron chi connectivity index (χ0n) is 11.8. The standard InChI is InChI=1S/C15H18Cl2N2O2/c1-9-2-3-10(15(18)21)7-19(9)8-14(20)12-5-4-11(16)6-13(12)17/h4-6,9-10H,2-3,7-8H2,1H3,(H2,18,21). The Morgan fingerprint density at radius 2 is 2.05 bits per heavy atom. The molecule has 2 atom stereocenters. The van der Waals surface area contributed by atoms with Crippen LogP contribution in [0, 0.1) is 5.92 Å². The predicted molar refractivity (Wildman–Crippen MR) is 83.7 cm³/mol. The molecular formula is C15H18Cl2N2O2. The molecule has 0 bridgehead atoms. The van der Waals surface area contributed by atoms with E-state index < -0.39 is 0 Å². The van der Waals surface area contributed by atoms with E-state index in [1.54, 1.807) is 18.2 Å². The summed E-state index contributed by atoms with van der Waals surface area (Å²) in [5, 5.41) is 0.847. The average Bonchev–Trinajstić information content (AvgIpc) is 2.40. The monoisotopic (exact) mass is 328 g/mol. The van der Waals surface area contributed by atoms with Crippen LogP contribution in [0.1, 0.15) is 30.1 Å². The molecule has 6 heteroatoms. The minimum atomic E-state index is -0.302. The Kier molecular flexibility index (Phi) is 5.25. The number of ketones is 1. The van der Waals surface area contributed by atoms with E-state index >= 15 is 0 Å². The summed E-state index contributed by atoms with van der Waals surface area (Å²) in [6.45, 7) is 2.80. The second-order valence-electron chi connectivity index (χ2n) is 5.50. The number of nitrogens with two attached hydrogens (primary N) is 1. The maximum Gasteiger partial charge on any atom is 0.221 e. The Bertz CT molecular complexity index is 563. The molecule has 0 radical (unpaired) electrons. The first-order chi connectivity index (χ1) is 9.88. The molecule has 21 heavy (non-hydrogen) atoms. The molecule has 1 aromatic carbocycles. The molecule has 0 aliphatic carbocycles. The Hall–Kier alpha value is -1.10. The molecule has 114 valence electrons. The largest absolute Gasteiger partial charge is 0.369 e. The van der Waals surface area contributed by atoms with E-state index in [2.05, 4.69) is 0 Å². The number of halogens is 2. The number of hydrogen-bond donors (Lipinski definition) is 1. The smallest absolute Gasteiger partial charge is 0.221 e. The van der Waals surface area contributed by atoms with Crippen LogP contribution >= 0.6 is 23.2 Å². The third-order valence-electron chi connectivity index (χ3n) is 3.99. The zero-order chi connectivity index (χ0) is 15.6. The third-order valence-corrected chi connectivity index (χ3v) is 4.54. The number of piperidine rings is 1. The van der Waals surface area contributed by atoms with Crippen molar-refractivity contribution < 1.29 is 9.59 Å². The second kappa shape index (κ2) is 6.77. The molecule has 1 saturated heterocycles. The van der Waals surface area contributed by atoms with Gasteiger partial charge in [0.05, 0.1) is 17.5 Å². The van der Waals surface area contributed by atoms with Crippen LogP contribution in [0.25, 0.3) is 0 Å². The Morgan fingerprint density at radius 1 is 1.33 bits per heavy atom. The van der Waals surface area contributed by atoms with Crippen molar-refractivity contribution in [2.45, 2.75) is 25.8 Å².